The van der Waals surface area contributed by atoms with Crippen molar-refractivity contribution in [1.29, 1.82) is 0 Å². The number of rotatable bonds is 2. The Bertz CT molecular complexity index is 474. The molecule has 0 spiro atoms. The quantitative estimate of drug-likeness (QED) is 0.693. The summed E-state index contributed by atoms with van der Waals surface area (Å²) in [7, 11) is 0. The highest BCUT2D eigenvalue weighted by Crippen LogP contribution is 2.23. The first-order valence-electron chi connectivity index (χ1n) is 5.38. The maximum absolute atomic E-state index is 5.77. The fourth-order valence-corrected chi connectivity index (χ4v) is 1.74. The second-order valence-electron chi connectivity index (χ2n) is 4.15. The Morgan fingerprint density at radius 2 is 1.88 bits per heavy atom. The Morgan fingerprint density at radius 1 is 1.06 bits per heavy atom. The molecule has 0 radical (unpaired) electrons. The first kappa shape index (κ1) is 11.2. The Balaban J connectivity index is 2.40. The zero-order chi connectivity index (χ0) is 11.5. The zero-order valence-corrected chi connectivity index (χ0v) is 10.2. The largest absolute Gasteiger partial charge is 0.244 e. The molecule has 1 aromatic heterocycles. The molecule has 2 heteroatoms. The van der Waals surface area contributed by atoms with Crippen molar-refractivity contribution in [2.75, 3.05) is 0 Å². The molecule has 2 aromatic rings. The molecule has 0 aliphatic rings. The van der Waals surface area contributed by atoms with Gasteiger partial charge in [0.1, 0.15) is 5.15 Å². The van der Waals surface area contributed by atoms with Crippen molar-refractivity contribution < 1.29 is 0 Å². The van der Waals surface area contributed by atoms with Gasteiger partial charge in [-0.15, -0.1) is 0 Å². The van der Waals surface area contributed by atoms with E-state index < -0.39 is 0 Å². The number of halogens is 1. The fourth-order valence-electron chi connectivity index (χ4n) is 1.62. The van der Waals surface area contributed by atoms with Gasteiger partial charge in [-0.05, 0) is 29.2 Å². The number of hydrogen-bond acceptors (Lipinski definition) is 1. The van der Waals surface area contributed by atoms with Crippen LogP contribution < -0.4 is 0 Å². The van der Waals surface area contributed by atoms with E-state index in [1.807, 2.05) is 18.3 Å². The summed E-state index contributed by atoms with van der Waals surface area (Å²) in [6.07, 6.45) is 1.81. The van der Waals surface area contributed by atoms with E-state index in [4.69, 9.17) is 11.6 Å². The van der Waals surface area contributed by atoms with E-state index in [0.717, 1.165) is 5.56 Å². The maximum atomic E-state index is 5.77. The molecule has 82 valence electrons. The lowest BCUT2D eigenvalue weighted by molar-refractivity contribution is 0.867. The molecule has 1 heterocycles. The summed E-state index contributed by atoms with van der Waals surface area (Å²) < 4.78 is 0. The van der Waals surface area contributed by atoms with Crippen LogP contribution in [0.2, 0.25) is 5.15 Å². The van der Waals surface area contributed by atoms with Crippen LogP contribution in [0.4, 0.5) is 0 Å². The van der Waals surface area contributed by atoms with Gasteiger partial charge in [-0.1, -0.05) is 49.7 Å². The van der Waals surface area contributed by atoms with Crippen molar-refractivity contribution in [1.82, 2.24) is 4.98 Å². The molecule has 1 nitrogen and oxygen atoms in total. The first-order valence-corrected chi connectivity index (χ1v) is 5.76. The molecule has 16 heavy (non-hydrogen) atoms. The zero-order valence-electron chi connectivity index (χ0n) is 9.44. The van der Waals surface area contributed by atoms with Crippen LogP contribution in [-0.4, -0.2) is 4.98 Å². The van der Waals surface area contributed by atoms with Crippen LogP contribution in [-0.2, 0) is 0 Å². The predicted octanol–water partition coefficient (Wildman–Crippen LogP) is 4.53. The van der Waals surface area contributed by atoms with E-state index in [1.165, 1.54) is 11.1 Å². The molecular formula is C14H14ClN. The molecule has 0 aliphatic carbocycles. The van der Waals surface area contributed by atoms with Crippen LogP contribution in [0.1, 0.15) is 25.3 Å². The minimum Gasteiger partial charge on any atom is -0.244 e. The fraction of sp³-hybridized carbons (Fsp3) is 0.214. The third-order valence-corrected chi connectivity index (χ3v) is 2.84. The van der Waals surface area contributed by atoms with Crippen molar-refractivity contribution in [3.05, 3.63) is 53.3 Å². The second-order valence-corrected chi connectivity index (χ2v) is 4.54. The summed E-state index contributed by atoms with van der Waals surface area (Å²) in [6.45, 7) is 4.39. The van der Waals surface area contributed by atoms with E-state index in [9.17, 15) is 0 Å². The molecule has 0 fully saturated rings. The van der Waals surface area contributed by atoms with Crippen molar-refractivity contribution >= 4 is 11.6 Å². The molecule has 0 unspecified atom stereocenters. The molecule has 0 saturated carbocycles. The summed E-state index contributed by atoms with van der Waals surface area (Å²) in [5.41, 5.74) is 3.63. The van der Waals surface area contributed by atoms with Crippen molar-refractivity contribution in [2.45, 2.75) is 19.8 Å². The van der Waals surface area contributed by atoms with Gasteiger partial charge in [0.25, 0.3) is 0 Å². The minimum absolute atomic E-state index is 0.531. The predicted molar refractivity (Wildman–Crippen MR) is 68.8 cm³/mol. The highest BCUT2D eigenvalue weighted by molar-refractivity contribution is 6.29. The van der Waals surface area contributed by atoms with Crippen LogP contribution in [0.25, 0.3) is 11.1 Å². The lowest BCUT2D eigenvalue weighted by atomic mass is 9.98. The van der Waals surface area contributed by atoms with E-state index in [2.05, 4.69) is 43.1 Å². The lowest BCUT2D eigenvalue weighted by Gasteiger charge is -2.08. The smallest absolute Gasteiger partial charge is 0.129 e. The molecule has 0 saturated heterocycles. The number of benzene rings is 1. The van der Waals surface area contributed by atoms with Gasteiger partial charge in [-0.2, -0.15) is 0 Å². The van der Waals surface area contributed by atoms with Crippen LogP contribution in [0.5, 0.6) is 0 Å². The van der Waals surface area contributed by atoms with Crippen LogP contribution in [0.15, 0.2) is 42.6 Å². The number of pyridine rings is 1. The molecular weight excluding hydrogens is 218 g/mol. The third-order valence-electron chi connectivity index (χ3n) is 2.61. The van der Waals surface area contributed by atoms with Crippen LogP contribution in [0.3, 0.4) is 0 Å². The molecule has 0 atom stereocenters. The van der Waals surface area contributed by atoms with E-state index in [1.54, 1.807) is 0 Å². The normalized spacial score (nSPS) is 10.8. The SMILES string of the molecule is CC(C)c1cccc(-c2ccc(Cl)nc2)c1. The summed E-state index contributed by atoms with van der Waals surface area (Å²) in [6, 6.07) is 12.3. The summed E-state index contributed by atoms with van der Waals surface area (Å²) in [5, 5.41) is 0.531. The first-order chi connectivity index (χ1) is 7.66. The molecule has 0 bridgehead atoms. The van der Waals surface area contributed by atoms with Crippen molar-refractivity contribution in [2.24, 2.45) is 0 Å². The van der Waals surface area contributed by atoms with Crippen LogP contribution in [0, 0.1) is 0 Å². The van der Waals surface area contributed by atoms with Gasteiger partial charge in [0.2, 0.25) is 0 Å². The summed E-state index contributed by atoms with van der Waals surface area (Å²) in [5.74, 6) is 0.542. The van der Waals surface area contributed by atoms with Gasteiger partial charge in [0.05, 0.1) is 0 Å². The van der Waals surface area contributed by atoms with Crippen molar-refractivity contribution in [3.8, 4) is 11.1 Å². The van der Waals surface area contributed by atoms with Gasteiger partial charge >= 0.3 is 0 Å². The van der Waals surface area contributed by atoms with Crippen molar-refractivity contribution in [3.63, 3.8) is 0 Å². The van der Waals surface area contributed by atoms with Gasteiger partial charge < -0.3 is 0 Å². The average Bonchev–Trinajstić information content (AvgIpc) is 2.30. The lowest BCUT2D eigenvalue weighted by Crippen LogP contribution is -1.88. The number of nitrogens with zero attached hydrogens (tertiary/aromatic N) is 1. The average molecular weight is 232 g/mol. The van der Waals surface area contributed by atoms with E-state index in [0.29, 0.717) is 11.1 Å². The van der Waals surface area contributed by atoms with Crippen LogP contribution >= 0.6 is 11.6 Å². The minimum atomic E-state index is 0.531. The van der Waals surface area contributed by atoms with Gasteiger partial charge in [-0.3, -0.25) is 0 Å². The standard InChI is InChI=1S/C14H14ClN/c1-10(2)11-4-3-5-12(8-11)13-6-7-14(15)16-9-13/h3-10H,1-2H3. The molecule has 1 aromatic carbocycles. The second kappa shape index (κ2) is 4.67. The highest BCUT2D eigenvalue weighted by atomic mass is 35.5. The highest BCUT2D eigenvalue weighted by Gasteiger charge is 2.02. The number of hydrogen-bond donors (Lipinski definition) is 0. The molecule has 0 aliphatic heterocycles. The maximum Gasteiger partial charge on any atom is 0.129 e. The Hall–Kier alpha value is -1.34. The topological polar surface area (TPSA) is 12.9 Å². The molecule has 2 rings (SSSR count). The van der Waals surface area contributed by atoms with Gasteiger partial charge in [-0.25, -0.2) is 4.98 Å². The monoisotopic (exact) mass is 231 g/mol. The van der Waals surface area contributed by atoms with Gasteiger partial charge in [0, 0.05) is 11.8 Å². The Labute approximate surface area is 101 Å². The summed E-state index contributed by atoms with van der Waals surface area (Å²) >= 11 is 5.77. The molecule has 0 amide bonds. The Kier molecular flexibility index (Phi) is 3.25. The van der Waals surface area contributed by atoms with Gasteiger partial charge in [0.15, 0.2) is 0 Å². The van der Waals surface area contributed by atoms with E-state index >= 15 is 0 Å². The third kappa shape index (κ3) is 2.42. The number of aromatic nitrogens is 1. The molecule has 0 N–H and O–H groups in total. The van der Waals surface area contributed by atoms with E-state index in [-0.39, 0.29) is 0 Å². The summed E-state index contributed by atoms with van der Waals surface area (Å²) in [4.78, 5) is 4.10. The Morgan fingerprint density at radius 3 is 2.50 bits per heavy atom.